The van der Waals surface area contributed by atoms with Crippen LogP contribution in [0.25, 0.3) is 0 Å². The van der Waals surface area contributed by atoms with Gasteiger partial charge in [0.15, 0.2) is 11.5 Å². The van der Waals surface area contributed by atoms with Crippen LogP contribution in [0.1, 0.15) is 17.2 Å². The molecule has 1 unspecified atom stereocenters. The lowest BCUT2D eigenvalue weighted by Crippen LogP contribution is -2.35. The Kier molecular flexibility index (Phi) is 5.72. The number of hydrogen-bond acceptors (Lipinski definition) is 5. The molecule has 6 nitrogen and oxygen atoms in total. The average Bonchev–Trinajstić information content (AvgIpc) is 3.04. The minimum absolute atomic E-state index is 0.148. The summed E-state index contributed by atoms with van der Waals surface area (Å²) in [5, 5.41) is 0.442. The maximum absolute atomic E-state index is 12.5. The molecule has 1 N–H and O–H groups in total. The van der Waals surface area contributed by atoms with Crippen LogP contribution in [0, 0.1) is 0 Å². The molecule has 26 heavy (non-hydrogen) atoms. The van der Waals surface area contributed by atoms with E-state index in [9.17, 15) is 8.42 Å². The standard InChI is InChI=1S/C18H21ClN2O4S/c1-21(2)16(13-7-8-17-18(9-13)25-12-24-17)10-20-26(22,23)11-14-5-3-4-6-15(14)19/h3-9,16,20H,10-12H2,1-2H3. The summed E-state index contributed by atoms with van der Waals surface area (Å²) in [6.45, 7) is 0.440. The molecule has 0 saturated carbocycles. The molecule has 0 aliphatic carbocycles. The number of nitrogens with zero attached hydrogens (tertiary/aromatic N) is 1. The van der Waals surface area contributed by atoms with Crippen molar-refractivity contribution in [2.24, 2.45) is 0 Å². The molecule has 1 aliphatic heterocycles. The van der Waals surface area contributed by atoms with Gasteiger partial charge in [0.05, 0.1) is 5.75 Å². The number of fused-ring (bicyclic) bond motifs is 1. The molecule has 0 radical (unpaired) electrons. The highest BCUT2D eigenvalue weighted by Crippen LogP contribution is 2.35. The summed E-state index contributed by atoms with van der Waals surface area (Å²) in [5.41, 5.74) is 1.52. The van der Waals surface area contributed by atoms with Crippen LogP contribution >= 0.6 is 11.6 Å². The molecule has 2 aromatic carbocycles. The van der Waals surface area contributed by atoms with Crippen molar-refractivity contribution in [2.45, 2.75) is 11.8 Å². The first-order valence-corrected chi connectivity index (χ1v) is 10.2. The lowest BCUT2D eigenvalue weighted by Gasteiger charge is -2.25. The van der Waals surface area contributed by atoms with Gasteiger partial charge in [0, 0.05) is 17.6 Å². The van der Waals surface area contributed by atoms with Gasteiger partial charge in [-0.05, 0) is 43.4 Å². The van der Waals surface area contributed by atoms with Crippen LogP contribution in [-0.2, 0) is 15.8 Å². The van der Waals surface area contributed by atoms with Crippen molar-refractivity contribution in [3.8, 4) is 11.5 Å². The molecule has 140 valence electrons. The van der Waals surface area contributed by atoms with E-state index in [1.807, 2.05) is 37.2 Å². The van der Waals surface area contributed by atoms with E-state index in [2.05, 4.69) is 4.72 Å². The smallest absolute Gasteiger partial charge is 0.231 e. The Morgan fingerprint density at radius 1 is 1.15 bits per heavy atom. The molecule has 3 rings (SSSR count). The zero-order valence-electron chi connectivity index (χ0n) is 14.6. The maximum atomic E-state index is 12.5. The maximum Gasteiger partial charge on any atom is 0.231 e. The van der Waals surface area contributed by atoms with Crippen molar-refractivity contribution in [3.05, 3.63) is 58.6 Å². The largest absolute Gasteiger partial charge is 0.454 e. The molecule has 2 aromatic rings. The molecular weight excluding hydrogens is 376 g/mol. The van der Waals surface area contributed by atoms with E-state index in [1.165, 1.54) is 0 Å². The molecule has 8 heteroatoms. The van der Waals surface area contributed by atoms with Crippen LogP contribution in [0.2, 0.25) is 5.02 Å². The summed E-state index contributed by atoms with van der Waals surface area (Å²) in [7, 11) is 0.279. The first kappa shape index (κ1) is 19.0. The summed E-state index contributed by atoms with van der Waals surface area (Å²) < 4.78 is 38.3. The highest BCUT2D eigenvalue weighted by Gasteiger charge is 2.22. The Balaban J connectivity index is 1.71. The highest BCUT2D eigenvalue weighted by atomic mass is 35.5. The van der Waals surface area contributed by atoms with Crippen LogP contribution in [0.4, 0.5) is 0 Å². The summed E-state index contributed by atoms with van der Waals surface area (Å²) in [5.74, 6) is 1.22. The molecular formula is C18H21ClN2O4S. The lowest BCUT2D eigenvalue weighted by atomic mass is 10.1. The van der Waals surface area contributed by atoms with Gasteiger partial charge in [0.25, 0.3) is 0 Å². The van der Waals surface area contributed by atoms with Gasteiger partial charge in [-0.1, -0.05) is 35.9 Å². The first-order valence-electron chi connectivity index (χ1n) is 8.12. The first-order chi connectivity index (χ1) is 12.4. The van der Waals surface area contributed by atoms with Crippen LogP contribution in [0.3, 0.4) is 0 Å². The predicted octanol–water partition coefficient (Wildman–Crippen LogP) is 2.79. The Labute approximate surface area is 158 Å². The fourth-order valence-corrected chi connectivity index (χ4v) is 4.25. The third-order valence-electron chi connectivity index (χ3n) is 4.20. The van der Waals surface area contributed by atoms with Crippen LogP contribution in [-0.4, -0.2) is 40.8 Å². The number of benzene rings is 2. The van der Waals surface area contributed by atoms with Gasteiger partial charge in [-0.3, -0.25) is 0 Å². The minimum Gasteiger partial charge on any atom is -0.454 e. The minimum atomic E-state index is -3.52. The Bertz CT molecular complexity index is 887. The van der Waals surface area contributed by atoms with Gasteiger partial charge in [0.2, 0.25) is 16.8 Å². The molecule has 0 saturated heterocycles. The molecule has 0 amide bonds. The normalized spacial score (nSPS) is 14.6. The Morgan fingerprint density at radius 2 is 1.88 bits per heavy atom. The Morgan fingerprint density at radius 3 is 2.62 bits per heavy atom. The second-order valence-electron chi connectivity index (χ2n) is 6.29. The van der Waals surface area contributed by atoms with Gasteiger partial charge in [-0.15, -0.1) is 0 Å². The summed E-state index contributed by atoms with van der Waals surface area (Å²) >= 11 is 6.07. The number of likely N-dealkylation sites (N-methyl/N-ethyl adjacent to an activating group) is 1. The quantitative estimate of drug-likeness (QED) is 0.779. The molecule has 0 spiro atoms. The highest BCUT2D eigenvalue weighted by molar-refractivity contribution is 7.88. The van der Waals surface area contributed by atoms with E-state index >= 15 is 0 Å². The van der Waals surface area contributed by atoms with Gasteiger partial charge in [-0.25, -0.2) is 13.1 Å². The fraction of sp³-hybridized carbons (Fsp3) is 0.333. The van der Waals surface area contributed by atoms with Crippen molar-refractivity contribution < 1.29 is 17.9 Å². The number of rotatable bonds is 7. The summed E-state index contributed by atoms with van der Waals surface area (Å²) in [4.78, 5) is 1.95. The van der Waals surface area contributed by atoms with Gasteiger partial charge in [0.1, 0.15) is 0 Å². The van der Waals surface area contributed by atoms with Gasteiger partial charge >= 0.3 is 0 Å². The summed E-state index contributed by atoms with van der Waals surface area (Å²) in [6, 6.07) is 12.4. The Hall–Kier alpha value is -1.80. The summed E-state index contributed by atoms with van der Waals surface area (Å²) in [6.07, 6.45) is 0. The van der Waals surface area contributed by atoms with Gasteiger partial charge < -0.3 is 14.4 Å². The van der Waals surface area contributed by atoms with E-state index < -0.39 is 10.0 Å². The SMILES string of the molecule is CN(C)C(CNS(=O)(=O)Cc1ccccc1Cl)c1ccc2c(c1)OCO2. The molecule has 1 aliphatic rings. The monoisotopic (exact) mass is 396 g/mol. The average molecular weight is 397 g/mol. The van der Waals surface area contributed by atoms with Gasteiger partial charge in [-0.2, -0.15) is 0 Å². The zero-order valence-corrected chi connectivity index (χ0v) is 16.2. The second kappa shape index (κ2) is 7.84. The van der Waals surface area contributed by atoms with Crippen molar-refractivity contribution in [1.82, 2.24) is 9.62 Å². The van der Waals surface area contributed by atoms with Crippen molar-refractivity contribution in [2.75, 3.05) is 27.4 Å². The fourth-order valence-electron chi connectivity index (χ4n) is 2.80. The van der Waals surface area contributed by atoms with Crippen molar-refractivity contribution >= 4 is 21.6 Å². The van der Waals surface area contributed by atoms with Crippen molar-refractivity contribution in [1.29, 1.82) is 0 Å². The van der Waals surface area contributed by atoms with Crippen molar-refractivity contribution in [3.63, 3.8) is 0 Å². The third-order valence-corrected chi connectivity index (χ3v) is 5.87. The topological polar surface area (TPSA) is 67.9 Å². The number of nitrogens with one attached hydrogen (secondary N) is 1. The van der Waals surface area contributed by atoms with Crippen LogP contribution in [0.15, 0.2) is 42.5 Å². The van der Waals surface area contributed by atoms with Crippen LogP contribution in [0.5, 0.6) is 11.5 Å². The lowest BCUT2D eigenvalue weighted by molar-refractivity contribution is 0.174. The van der Waals surface area contributed by atoms with E-state index in [4.69, 9.17) is 21.1 Å². The molecule has 0 fully saturated rings. The third kappa shape index (κ3) is 4.48. The predicted molar refractivity (Wildman–Crippen MR) is 101 cm³/mol. The number of halogens is 1. The van der Waals surface area contributed by atoms with Crippen LogP contribution < -0.4 is 14.2 Å². The van der Waals surface area contributed by atoms with E-state index in [1.54, 1.807) is 24.3 Å². The van der Waals surface area contributed by atoms with E-state index in [0.29, 0.717) is 22.1 Å². The molecule has 1 heterocycles. The molecule has 0 bridgehead atoms. The molecule has 0 aromatic heterocycles. The van der Waals surface area contributed by atoms with E-state index in [-0.39, 0.29) is 25.1 Å². The number of hydrogen-bond donors (Lipinski definition) is 1. The second-order valence-corrected chi connectivity index (χ2v) is 8.51. The number of ether oxygens (including phenoxy) is 2. The molecule has 1 atom stereocenters. The number of sulfonamides is 1. The van der Waals surface area contributed by atoms with E-state index in [0.717, 1.165) is 5.56 Å². The zero-order chi connectivity index (χ0) is 18.7.